The van der Waals surface area contributed by atoms with Gasteiger partial charge in [-0.2, -0.15) is 0 Å². The maximum absolute atomic E-state index is 15.1. The largest absolute Gasteiger partial charge is 0.325 e. The molecule has 0 fully saturated rings. The Labute approximate surface area is 276 Å². The molecular formula is C37H12F8N4O2. The molecule has 0 bridgehead atoms. The molecular weight excluding hydrogens is 684 g/mol. The molecule has 14 heteroatoms. The lowest BCUT2D eigenvalue weighted by atomic mass is 9.85. The van der Waals surface area contributed by atoms with Gasteiger partial charge in [-0.05, 0) is 50.5 Å². The first-order chi connectivity index (χ1) is 24.5. The van der Waals surface area contributed by atoms with Crippen LogP contribution < -0.4 is 5.56 Å². The van der Waals surface area contributed by atoms with Crippen molar-refractivity contribution in [3.63, 3.8) is 0 Å². The smallest absolute Gasteiger partial charge is 0.264 e. The molecule has 0 aliphatic rings. The molecule has 3 heterocycles. The van der Waals surface area contributed by atoms with E-state index < -0.39 is 74.2 Å². The van der Waals surface area contributed by atoms with Gasteiger partial charge in [0.2, 0.25) is 0 Å². The fourth-order valence-corrected chi connectivity index (χ4v) is 7.78. The van der Waals surface area contributed by atoms with Gasteiger partial charge in [-0.1, -0.05) is 30.3 Å². The molecule has 0 saturated carbocycles. The third-order valence-electron chi connectivity index (χ3n) is 9.94. The van der Waals surface area contributed by atoms with Crippen molar-refractivity contribution >= 4 is 87.9 Å². The van der Waals surface area contributed by atoms with Crippen LogP contribution in [0.4, 0.5) is 35.1 Å². The van der Waals surface area contributed by atoms with E-state index in [9.17, 15) is 40.3 Å². The summed E-state index contributed by atoms with van der Waals surface area (Å²) >= 11 is 0. The van der Waals surface area contributed by atoms with Crippen LogP contribution >= 0.6 is 0 Å². The number of benzene rings is 7. The molecule has 0 saturated heterocycles. The van der Waals surface area contributed by atoms with Crippen LogP contribution in [0.5, 0.6) is 0 Å². The summed E-state index contributed by atoms with van der Waals surface area (Å²) < 4.78 is 118. The number of hydrogen-bond donors (Lipinski definition) is 0. The second-order valence-electron chi connectivity index (χ2n) is 12.3. The van der Waals surface area contributed by atoms with Crippen molar-refractivity contribution in [2.45, 2.75) is 0 Å². The number of rotatable bonds is 2. The van der Waals surface area contributed by atoms with E-state index in [1.54, 1.807) is 30.3 Å². The second-order valence-corrected chi connectivity index (χ2v) is 12.3. The molecule has 10 rings (SSSR count). The van der Waals surface area contributed by atoms with Crippen molar-refractivity contribution in [2.75, 3.05) is 0 Å². The van der Waals surface area contributed by atoms with Gasteiger partial charge in [0.05, 0.1) is 0 Å². The van der Waals surface area contributed by atoms with Gasteiger partial charge in [0.1, 0.15) is 33.5 Å². The number of halogens is 8. The molecule has 6 nitrogen and oxygen atoms in total. The summed E-state index contributed by atoms with van der Waals surface area (Å²) in [5.41, 5.74) is -3.78. The quantitative estimate of drug-likeness (QED) is 0.0452. The SMILES string of the molecule is Cn1c(-c2ccc3c4ccc5c(=O)n6c(nc7c(F)c(F)c(F)c(F)c76)c6ccc(c7ccc(C=O)c2c37)c4c56)nc2c(F)c(F)c(F)c(F)c21. The number of carbonyl (C=O) groups is 1. The summed E-state index contributed by atoms with van der Waals surface area (Å²) in [6, 6.07) is 12.7. The molecule has 0 aliphatic heterocycles. The van der Waals surface area contributed by atoms with E-state index in [-0.39, 0.29) is 33.4 Å². The van der Waals surface area contributed by atoms with Crippen LogP contribution in [-0.2, 0) is 7.05 Å². The van der Waals surface area contributed by atoms with Crippen molar-refractivity contribution in [3.05, 3.63) is 111 Å². The van der Waals surface area contributed by atoms with Crippen molar-refractivity contribution in [3.8, 4) is 11.4 Å². The average Bonchev–Trinajstić information content (AvgIpc) is 3.71. The maximum Gasteiger partial charge on any atom is 0.264 e. The van der Waals surface area contributed by atoms with Gasteiger partial charge in [0, 0.05) is 39.7 Å². The van der Waals surface area contributed by atoms with Gasteiger partial charge in [-0.25, -0.2) is 45.1 Å². The summed E-state index contributed by atoms with van der Waals surface area (Å²) in [5, 5.41) is 4.27. The van der Waals surface area contributed by atoms with E-state index in [1.807, 2.05) is 0 Å². The minimum absolute atomic E-state index is 0.0472. The lowest BCUT2D eigenvalue weighted by molar-refractivity contribution is 0.112. The summed E-state index contributed by atoms with van der Waals surface area (Å²) in [6.07, 6.45) is 0.582. The number of carbonyl (C=O) groups excluding carboxylic acids is 1. The van der Waals surface area contributed by atoms with Gasteiger partial charge in [-0.3, -0.25) is 14.0 Å². The topological polar surface area (TPSA) is 69.3 Å². The molecule has 0 atom stereocenters. The van der Waals surface area contributed by atoms with Crippen molar-refractivity contribution < 1.29 is 39.9 Å². The lowest BCUT2D eigenvalue weighted by Gasteiger charge is -2.19. The highest BCUT2D eigenvalue weighted by Gasteiger charge is 2.30. The molecule has 0 radical (unpaired) electrons. The minimum atomic E-state index is -2.08. The zero-order chi connectivity index (χ0) is 35.5. The van der Waals surface area contributed by atoms with Crippen LogP contribution in [0, 0.1) is 46.5 Å². The Balaban J connectivity index is 1.37. The molecule has 7 aromatic carbocycles. The first kappa shape index (κ1) is 29.5. The first-order valence-electron chi connectivity index (χ1n) is 15.1. The van der Waals surface area contributed by atoms with Crippen molar-refractivity contribution in [1.82, 2.24) is 18.9 Å². The molecule has 51 heavy (non-hydrogen) atoms. The van der Waals surface area contributed by atoms with Crippen molar-refractivity contribution in [2.24, 2.45) is 7.05 Å². The highest BCUT2D eigenvalue weighted by atomic mass is 19.2. The van der Waals surface area contributed by atoms with Gasteiger partial charge < -0.3 is 4.57 Å². The maximum atomic E-state index is 15.1. The average molecular weight is 697 g/mol. The van der Waals surface area contributed by atoms with Crippen molar-refractivity contribution in [1.29, 1.82) is 0 Å². The number of aldehydes is 1. The number of aryl methyl sites for hydroxylation is 1. The predicted molar refractivity (Wildman–Crippen MR) is 174 cm³/mol. The normalized spacial score (nSPS) is 12.6. The zero-order valence-corrected chi connectivity index (χ0v) is 25.3. The Morgan fingerprint density at radius 3 is 1.63 bits per heavy atom. The van der Waals surface area contributed by atoms with Crippen LogP contribution in [0.25, 0.3) is 93.0 Å². The molecule has 0 unspecified atom stereocenters. The number of hydrogen-bond acceptors (Lipinski definition) is 4. The fraction of sp³-hybridized carbons (Fsp3) is 0.0270. The summed E-state index contributed by atoms with van der Waals surface area (Å²) in [5.74, 6) is -15.1. The molecule has 248 valence electrons. The number of pyridine rings is 1. The van der Waals surface area contributed by atoms with Gasteiger partial charge in [0.15, 0.2) is 52.8 Å². The van der Waals surface area contributed by atoms with Crippen LogP contribution in [-0.4, -0.2) is 25.2 Å². The van der Waals surface area contributed by atoms with Crippen LogP contribution in [0.3, 0.4) is 0 Å². The molecule has 0 aliphatic carbocycles. The Morgan fingerprint density at radius 1 is 0.529 bits per heavy atom. The molecule has 0 amide bonds. The van der Waals surface area contributed by atoms with Gasteiger partial charge in [-0.15, -0.1) is 0 Å². The van der Waals surface area contributed by atoms with Crippen LogP contribution in [0.15, 0.2) is 53.3 Å². The molecule has 3 aromatic heterocycles. The van der Waals surface area contributed by atoms with E-state index >= 15 is 4.39 Å². The lowest BCUT2D eigenvalue weighted by Crippen LogP contribution is -2.14. The zero-order valence-electron chi connectivity index (χ0n) is 25.3. The van der Waals surface area contributed by atoms with E-state index in [0.29, 0.717) is 49.4 Å². The first-order valence-corrected chi connectivity index (χ1v) is 15.1. The Hall–Kier alpha value is -6.44. The van der Waals surface area contributed by atoms with E-state index in [2.05, 4.69) is 9.97 Å². The highest BCUT2D eigenvalue weighted by Crippen LogP contribution is 2.46. The molecule has 10 aromatic rings. The summed E-state index contributed by atoms with van der Waals surface area (Å²) in [6.45, 7) is 0. The van der Waals surface area contributed by atoms with Gasteiger partial charge >= 0.3 is 0 Å². The molecule has 0 N–H and O–H groups in total. The third-order valence-corrected chi connectivity index (χ3v) is 9.94. The van der Waals surface area contributed by atoms with Crippen LogP contribution in [0.1, 0.15) is 10.4 Å². The number of imidazole rings is 2. The number of nitrogens with zero attached hydrogens (tertiary/aromatic N) is 4. The Bertz CT molecular complexity index is 3330. The minimum Gasteiger partial charge on any atom is -0.325 e. The fourth-order valence-electron chi connectivity index (χ4n) is 7.78. The predicted octanol–water partition coefficient (Wildman–Crippen LogP) is 8.97. The molecule has 0 spiro atoms. The Kier molecular flexibility index (Phi) is 5.44. The standard InChI is InChI=1S/C37H12F8N4O2/c1-48-33-29(44)25(40)23(38)27(42)31(33)46-35(48)16-7-4-13-15-6-9-18-22-17(8-5-14(21(15)22)12-3-2-11(10-50)19(16)20(12)13)36-47-32-28(43)24(39)26(41)30(45)34(32)49(36)37(18)51/h2-10H,1H3. The monoisotopic (exact) mass is 696 g/mol. The summed E-state index contributed by atoms with van der Waals surface area (Å²) in [4.78, 5) is 34.6. The van der Waals surface area contributed by atoms with Crippen LogP contribution in [0.2, 0.25) is 0 Å². The van der Waals surface area contributed by atoms with E-state index in [1.165, 1.54) is 25.2 Å². The second kappa shape index (κ2) is 9.41. The van der Waals surface area contributed by atoms with E-state index in [4.69, 9.17) is 0 Å². The highest BCUT2D eigenvalue weighted by molar-refractivity contribution is 6.39. The van der Waals surface area contributed by atoms with E-state index in [0.717, 1.165) is 8.97 Å². The third kappa shape index (κ3) is 3.28. The van der Waals surface area contributed by atoms with Gasteiger partial charge in [0.25, 0.3) is 5.56 Å². The summed E-state index contributed by atoms with van der Waals surface area (Å²) in [7, 11) is 1.29. The number of fused-ring (bicyclic) bond motifs is 7. The Morgan fingerprint density at radius 2 is 1.00 bits per heavy atom. The number of aromatic nitrogens is 4.